The van der Waals surface area contributed by atoms with E-state index in [0.717, 1.165) is 12.8 Å². The molecule has 6 nitrogen and oxygen atoms in total. The van der Waals surface area contributed by atoms with Gasteiger partial charge < -0.3 is 5.32 Å². The fraction of sp³-hybridized carbons (Fsp3) is 0.750. The molecule has 0 aliphatic heterocycles. The number of anilines is 1. The fourth-order valence-electron chi connectivity index (χ4n) is 1.85. The summed E-state index contributed by atoms with van der Waals surface area (Å²) in [5.41, 5.74) is 0.483. The largest absolute Gasteiger partial charge is 0.359 e. The van der Waals surface area contributed by atoms with E-state index in [9.17, 15) is 10.1 Å². The maximum Gasteiger partial charge on any atom is 0.333 e. The molecule has 102 valence electrons. The molecule has 1 aromatic heterocycles. The molecule has 0 aliphatic rings. The molecule has 0 amide bonds. The zero-order valence-corrected chi connectivity index (χ0v) is 11.8. The van der Waals surface area contributed by atoms with E-state index in [1.165, 1.54) is 0 Å². The predicted molar refractivity (Wildman–Crippen MR) is 71.9 cm³/mol. The molecule has 0 spiro atoms. The minimum atomic E-state index is -0.347. The van der Waals surface area contributed by atoms with Gasteiger partial charge in [0.2, 0.25) is 5.82 Å². The van der Waals surface area contributed by atoms with E-state index in [4.69, 9.17) is 0 Å². The number of aryl methyl sites for hydroxylation is 2. The zero-order chi connectivity index (χ0) is 13.9. The van der Waals surface area contributed by atoms with Crippen molar-refractivity contribution in [1.82, 2.24) is 9.78 Å². The van der Waals surface area contributed by atoms with Crippen LogP contribution in [0.15, 0.2) is 0 Å². The maximum absolute atomic E-state index is 11.2. The van der Waals surface area contributed by atoms with Crippen molar-refractivity contribution >= 4 is 11.5 Å². The molecule has 6 heteroatoms. The highest BCUT2D eigenvalue weighted by Crippen LogP contribution is 2.32. The van der Waals surface area contributed by atoms with Gasteiger partial charge in [0.25, 0.3) is 0 Å². The fourth-order valence-corrected chi connectivity index (χ4v) is 1.85. The van der Waals surface area contributed by atoms with E-state index < -0.39 is 0 Å². The number of aromatic nitrogens is 2. The lowest BCUT2D eigenvalue weighted by atomic mass is 9.95. The molecule has 1 aromatic rings. The van der Waals surface area contributed by atoms with Crippen LogP contribution in [-0.4, -0.2) is 20.2 Å². The van der Waals surface area contributed by atoms with Crippen LogP contribution >= 0.6 is 0 Å². The Bertz CT molecular complexity index is 436. The lowest BCUT2D eigenvalue weighted by Gasteiger charge is -2.28. The summed E-state index contributed by atoms with van der Waals surface area (Å²) >= 11 is 0. The number of hydrogen-bond acceptors (Lipinski definition) is 4. The average molecular weight is 254 g/mol. The summed E-state index contributed by atoms with van der Waals surface area (Å²) in [5.74, 6) is 0.503. The molecule has 0 aromatic carbocycles. The van der Waals surface area contributed by atoms with Crippen LogP contribution in [0.4, 0.5) is 11.5 Å². The lowest BCUT2D eigenvalue weighted by molar-refractivity contribution is -0.384. The van der Waals surface area contributed by atoms with E-state index in [0.29, 0.717) is 17.9 Å². The Morgan fingerprint density at radius 1 is 1.39 bits per heavy atom. The molecule has 0 fully saturated rings. The highest BCUT2D eigenvalue weighted by atomic mass is 16.6. The quantitative estimate of drug-likeness (QED) is 0.625. The van der Waals surface area contributed by atoms with Crippen LogP contribution in [0.3, 0.4) is 0 Å². The number of nitrogens with zero attached hydrogens (tertiary/aromatic N) is 3. The van der Waals surface area contributed by atoms with Crippen molar-refractivity contribution in [1.29, 1.82) is 0 Å². The Morgan fingerprint density at radius 2 is 1.94 bits per heavy atom. The second-order valence-corrected chi connectivity index (χ2v) is 4.77. The molecule has 1 rings (SSSR count). The first-order valence-electron chi connectivity index (χ1n) is 6.37. The second-order valence-electron chi connectivity index (χ2n) is 4.77. The molecule has 1 N–H and O–H groups in total. The summed E-state index contributed by atoms with van der Waals surface area (Å²) in [4.78, 5) is 10.8. The van der Waals surface area contributed by atoms with Crippen LogP contribution in [0.25, 0.3) is 0 Å². The van der Waals surface area contributed by atoms with Crippen molar-refractivity contribution in [3.8, 4) is 0 Å². The maximum atomic E-state index is 11.2. The summed E-state index contributed by atoms with van der Waals surface area (Å²) in [5, 5.41) is 18.7. The SMILES string of the molecule is CCc1nn(C)c(NC(C)(CC)CC)c1[N+](=O)[O-]. The van der Waals surface area contributed by atoms with Gasteiger partial charge in [-0.15, -0.1) is 0 Å². The van der Waals surface area contributed by atoms with E-state index >= 15 is 0 Å². The van der Waals surface area contributed by atoms with Crippen molar-refractivity contribution in [2.75, 3.05) is 5.32 Å². The van der Waals surface area contributed by atoms with Gasteiger partial charge in [0.05, 0.1) is 4.92 Å². The van der Waals surface area contributed by atoms with E-state index in [1.807, 2.05) is 6.92 Å². The first-order chi connectivity index (χ1) is 8.38. The highest BCUT2D eigenvalue weighted by molar-refractivity contribution is 5.61. The Kier molecular flexibility index (Phi) is 4.32. The lowest BCUT2D eigenvalue weighted by Crippen LogP contribution is -2.34. The Balaban J connectivity index is 3.23. The molecule has 0 radical (unpaired) electrons. The average Bonchev–Trinajstić information content (AvgIpc) is 2.66. The van der Waals surface area contributed by atoms with Crippen LogP contribution in [0.5, 0.6) is 0 Å². The van der Waals surface area contributed by atoms with Crippen molar-refractivity contribution in [2.45, 2.75) is 52.5 Å². The molecule has 18 heavy (non-hydrogen) atoms. The smallest absolute Gasteiger partial charge is 0.333 e. The molecule has 0 bridgehead atoms. The number of rotatable bonds is 6. The molecule has 0 saturated carbocycles. The summed E-state index contributed by atoms with van der Waals surface area (Å²) in [6, 6.07) is 0. The van der Waals surface area contributed by atoms with Crippen molar-refractivity contribution < 1.29 is 4.92 Å². The minimum absolute atomic E-state index is 0.105. The first kappa shape index (κ1) is 14.5. The Hall–Kier alpha value is -1.59. The third-order valence-electron chi connectivity index (χ3n) is 3.59. The second kappa shape index (κ2) is 5.37. The third-order valence-corrected chi connectivity index (χ3v) is 3.59. The molecule has 0 aliphatic carbocycles. The normalized spacial score (nSPS) is 11.6. The standard InChI is InChI=1S/C12H22N4O2/c1-6-9-10(16(17)18)11(15(5)14-9)13-12(4,7-2)8-3/h13H,6-8H2,1-5H3. The molecular weight excluding hydrogens is 232 g/mol. The van der Waals surface area contributed by atoms with Gasteiger partial charge in [0.15, 0.2) is 0 Å². The molecular formula is C12H22N4O2. The summed E-state index contributed by atoms with van der Waals surface area (Å²) in [7, 11) is 1.74. The van der Waals surface area contributed by atoms with Gasteiger partial charge in [-0.25, -0.2) is 4.68 Å². The number of hydrogen-bond donors (Lipinski definition) is 1. The zero-order valence-electron chi connectivity index (χ0n) is 11.8. The van der Waals surface area contributed by atoms with Gasteiger partial charge in [-0.05, 0) is 26.2 Å². The third kappa shape index (κ3) is 2.63. The highest BCUT2D eigenvalue weighted by Gasteiger charge is 2.30. The molecule has 0 atom stereocenters. The summed E-state index contributed by atoms with van der Waals surface area (Å²) < 4.78 is 1.57. The van der Waals surface area contributed by atoms with Crippen LogP contribution in [0, 0.1) is 10.1 Å². The van der Waals surface area contributed by atoms with Gasteiger partial charge in [-0.3, -0.25) is 10.1 Å². The molecule has 1 heterocycles. The van der Waals surface area contributed by atoms with E-state index in [2.05, 4.69) is 31.2 Å². The molecule has 0 saturated heterocycles. The van der Waals surface area contributed by atoms with Crippen LogP contribution < -0.4 is 5.32 Å². The van der Waals surface area contributed by atoms with Crippen LogP contribution in [-0.2, 0) is 13.5 Å². The van der Waals surface area contributed by atoms with Crippen LogP contribution in [0.2, 0.25) is 0 Å². The minimum Gasteiger partial charge on any atom is -0.359 e. The van der Waals surface area contributed by atoms with Gasteiger partial charge in [-0.2, -0.15) is 5.10 Å². The summed E-state index contributed by atoms with van der Waals surface area (Å²) in [6.45, 7) is 8.08. The Morgan fingerprint density at radius 3 is 2.33 bits per heavy atom. The van der Waals surface area contributed by atoms with Crippen LogP contribution in [0.1, 0.15) is 46.2 Å². The summed E-state index contributed by atoms with van der Waals surface area (Å²) in [6.07, 6.45) is 2.35. The molecule has 0 unspecified atom stereocenters. The topological polar surface area (TPSA) is 73.0 Å². The van der Waals surface area contributed by atoms with Gasteiger partial charge in [0, 0.05) is 12.6 Å². The van der Waals surface area contributed by atoms with E-state index in [-0.39, 0.29) is 16.1 Å². The monoisotopic (exact) mass is 254 g/mol. The van der Waals surface area contributed by atoms with E-state index in [1.54, 1.807) is 11.7 Å². The van der Waals surface area contributed by atoms with Gasteiger partial charge in [-0.1, -0.05) is 20.8 Å². The Labute approximate surface area is 108 Å². The van der Waals surface area contributed by atoms with Gasteiger partial charge in [0.1, 0.15) is 5.69 Å². The number of nitro groups is 1. The predicted octanol–water partition coefficient (Wildman–Crippen LogP) is 2.88. The van der Waals surface area contributed by atoms with Crippen molar-refractivity contribution in [3.05, 3.63) is 15.8 Å². The van der Waals surface area contributed by atoms with Crippen molar-refractivity contribution in [2.24, 2.45) is 7.05 Å². The van der Waals surface area contributed by atoms with Gasteiger partial charge >= 0.3 is 5.69 Å². The van der Waals surface area contributed by atoms with Crippen molar-refractivity contribution in [3.63, 3.8) is 0 Å². The number of nitrogens with one attached hydrogen (secondary N) is 1. The first-order valence-corrected chi connectivity index (χ1v) is 6.37.